The van der Waals surface area contributed by atoms with Crippen LogP contribution in [0.5, 0.6) is 5.88 Å². The van der Waals surface area contributed by atoms with Crippen LogP contribution in [0, 0.1) is 11.8 Å². The molecule has 22 heavy (non-hydrogen) atoms. The van der Waals surface area contributed by atoms with Crippen LogP contribution in [0.1, 0.15) is 35.9 Å². The van der Waals surface area contributed by atoms with Crippen molar-refractivity contribution in [2.24, 2.45) is 11.8 Å². The Morgan fingerprint density at radius 1 is 1.41 bits per heavy atom. The summed E-state index contributed by atoms with van der Waals surface area (Å²) in [4.78, 5) is 27.6. The lowest BCUT2D eigenvalue weighted by atomic mass is 10.0. The van der Waals surface area contributed by atoms with Gasteiger partial charge in [-0.1, -0.05) is 13.8 Å². The third kappa shape index (κ3) is 2.54. The first-order valence-corrected chi connectivity index (χ1v) is 7.04. The number of hydrogen-bond acceptors (Lipinski definition) is 5. The number of nitrogens with zero attached hydrogens (tertiary/aromatic N) is 2. The van der Waals surface area contributed by atoms with Gasteiger partial charge in [-0.25, -0.2) is 4.79 Å². The van der Waals surface area contributed by atoms with Gasteiger partial charge in [0.2, 0.25) is 5.88 Å². The maximum absolute atomic E-state index is 12.0. The second-order valence-corrected chi connectivity index (χ2v) is 5.83. The van der Waals surface area contributed by atoms with Gasteiger partial charge in [-0.15, -0.1) is 10.2 Å². The molecular weight excluding hydrogens is 284 g/mol. The van der Waals surface area contributed by atoms with Gasteiger partial charge in [0.15, 0.2) is 0 Å². The van der Waals surface area contributed by atoms with Crippen LogP contribution in [0.2, 0.25) is 0 Å². The van der Waals surface area contributed by atoms with Gasteiger partial charge in [0.05, 0.1) is 16.7 Å². The minimum absolute atomic E-state index is 0.0437. The topological polar surface area (TPSA) is 101 Å². The van der Waals surface area contributed by atoms with E-state index >= 15 is 0 Å². The Balaban J connectivity index is 2.05. The Hall–Kier alpha value is -2.44. The summed E-state index contributed by atoms with van der Waals surface area (Å²) in [6.07, 6.45) is 2.15. The second kappa shape index (κ2) is 5.40. The van der Waals surface area contributed by atoms with Crippen LogP contribution in [0.25, 0.3) is 11.3 Å². The van der Waals surface area contributed by atoms with Crippen LogP contribution in [-0.4, -0.2) is 27.2 Å². The summed E-state index contributed by atoms with van der Waals surface area (Å²) >= 11 is 0. The van der Waals surface area contributed by atoms with Crippen LogP contribution in [0.4, 0.5) is 0 Å². The molecule has 2 heterocycles. The molecule has 0 unspecified atom stereocenters. The van der Waals surface area contributed by atoms with Crippen LogP contribution in [-0.2, 0) is 0 Å². The molecule has 0 saturated heterocycles. The minimum Gasteiger partial charge on any atom is -0.480 e. The molecule has 7 nitrogen and oxygen atoms in total. The molecule has 1 aliphatic carbocycles. The van der Waals surface area contributed by atoms with Gasteiger partial charge in [0.1, 0.15) is 5.69 Å². The highest BCUT2D eigenvalue weighted by Gasteiger charge is 2.42. The lowest BCUT2D eigenvalue weighted by Gasteiger charge is -2.09. The molecule has 0 radical (unpaired) electrons. The molecule has 3 rings (SSSR count). The van der Waals surface area contributed by atoms with Gasteiger partial charge >= 0.3 is 5.69 Å². The summed E-state index contributed by atoms with van der Waals surface area (Å²) in [5, 5.41) is 7.78. The van der Waals surface area contributed by atoms with Crippen molar-refractivity contribution >= 4 is 0 Å². The average Bonchev–Trinajstić information content (AvgIpc) is 3.27. The number of ether oxygens (including phenoxy) is 1. The standard InChI is InChI=1S/C15H18N4O3/c1-7(2)8-4-9(8)10-5-12(18-19-14(10)22-3)11-6-16-15(21)17-13(11)20/h5-9H,4H2,1-3H3,(H2,16,17,20,21)/t8-,9+/m1/s1/i3D3. The van der Waals surface area contributed by atoms with Gasteiger partial charge in [-0.3, -0.25) is 9.78 Å². The fourth-order valence-corrected chi connectivity index (χ4v) is 2.78. The molecular formula is C15H18N4O3. The van der Waals surface area contributed by atoms with Crippen molar-refractivity contribution < 1.29 is 8.85 Å². The zero-order valence-corrected chi connectivity index (χ0v) is 12.2. The maximum atomic E-state index is 12.0. The molecule has 1 saturated carbocycles. The Bertz CT molecular complexity index is 904. The molecule has 116 valence electrons. The maximum Gasteiger partial charge on any atom is 0.325 e. The summed E-state index contributed by atoms with van der Waals surface area (Å²) < 4.78 is 26.8. The fraction of sp³-hybridized carbons (Fsp3) is 0.467. The molecule has 2 N–H and O–H groups in total. The second-order valence-electron chi connectivity index (χ2n) is 5.83. The number of H-pyrrole nitrogens is 2. The van der Waals surface area contributed by atoms with Crippen LogP contribution >= 0.6 is 0 Å². The molecule has 0 aliphatic heterocycles. The molecule has 2 atom stereocenters. The van der Waals surface area contributed by atoms with E-state index < -0.39 is 18.3 Å². The van der Waals surface area contributed by atoms with E-state index in [1.165, 1.54) is 6.20 Å². The highest BCUT2D eigenvalue weighted by Crippen LogP contribution is 2.53. The third-order valence-electron chi connectivity index (χ3n) is 4.08. The van der Waals surface area contributed by atoms with Crippen molar-refractivity contribution in [2.75, 3.05) is 7.04 Å². The van der Waals surface area contributed by atoms with Gasteiger partial charge < -0.3 is 9.72 Å². The number of aromatic amines is 2. The quantitative estimate of drug-likeness (QED) is 0.886. The zero-order valence-electron chi connectivity index (χ0n) is 15.2. The Morgan fingerprint density at radius 3 is 2.86 bits per heavy atom. The number of rotatable bonds is 4. The summed E-state index contributed by atoms with van der Waals surface area (Å²) in [5.41, 5.74) is -0.197. The first-order valence-electron chi connectivity index (χ1n) is 8.54. The molecule has 2 aromatic heterocycles. The van der Waals surface area contributed by atoms with Crippen molar-refractivity contribution in [2.45, 2.75) is 26.2 Å². The molecule has 2 aromatic rings. The molecule has 0 spiro atoms. The predicted octanol–water partition coefficient (Wildman–Crippen LogP) is 1.29. The number of aromatic nitrogens is 4. The van der Waals surface area contributed by atoms with E-state index in [1.54, 1.807) is 6.07 Å². The first kappa shape index (κ1) is 11.2. The first-order chi connectivity index (χ1) is 11.7. The van der Waals surface area contributed by atoms with E-state index in [1.807, 2.05) is 0 Å². The number of methoxy groups -OCH3 is 1. The van der Waals surface area contributed by atoms with Crippen LogP contribution in [0.15, 0.2) is 21.9 Å². The lowest BCUT2D eigenvalue weighted by molar-refractivity contribution is 0.385. The van der Waals surface area contributed by atoms with Gasteiger partial charge in [0, 0.05) is 11.8 Å². The van der Waals surface area contributed by atoms with E-state index in [0.717, 1.165) is 6.42 Å². The zero-order chi connectivity index (χ0) is 18.4. The van der Waals surface area contributed by atoms with E-state index in [4.69, 9.17) is 8.85 Å². The SMILES string of the molecule is [2H]C([2H])([2H])Oc1nnc(-c2c[nH]c(=O)[nH]c2=O)cc1[C@H]1C[C@@H]1C(C)C. The van der Waals surface area contributed by atoms with Crippen molar-refractivity contribution in [3.63, 3.8) is 0 Å². The smallest absolute Gasteiger partial charge is 0.325 e. The summed E-state index contributed by atoms with van der Waals surface area (Å²) in [5.74, 6) is 0.884. The fourth-order valence-electron chi connectivity index (χ4n) is 2.78. The predicted molar refractivity (Wildman–Crippen MR) is 80.9 cm³/mol. The van der Waals surface area contributed by atoms with Gasteiger partial charge in [0.25, 0.3) is 5.56 Å². The summed E-state index contributed by atoms with van der Waals surface area (Å²) in [7, 11) is -2.64. The van der Waals surface area contributed by atoms with Crippen molar-refractivity contribution in [3.05, 3.63) is 38.7 Å². The van der Waals surface area contributed by atoms with E-state index in [9.17, 15) is 9.59 Å². The molecule has 0 aromatic carbocycles. The monoisotopic (exact) mass is 305 g/mol. The summed E-state index contributed by atoms with van der Waals surface area (Å²) in [6, 6.07) is 1.62. The molecule has 1 fully saturated rings. The molecule has 1 aliphatic rings. The van der Waals surface area contributed by atoms with Crippen molar-refractivity contribution in [1.82, 2.24) is 20.2 Å². The van der Waals surface area contributed by atoms with E-state index in [2.05, 4.69) is 34.0 Å². The van der Waals surface area contributed by atoms with Gasteiger partial charge in [-0.05, 0) is 30.2 Å². The van der Waals surface area contributed by atoms with Crippen molar-refractivity contribution in [1.29, 1.82) is 0 Å². The highest BCUT2D eigenvalue weighted by atomic mass is 16.5. The number of nitrogens with one attached hydrogen (secondary N) is 2. The van der Waals surface area contributed by atoms with E-state index in [-0.39, 0.29) is 23.1 Å². The largest absolute Gasteiger partial charge is 0.480 e. The van der Waals surface area contributed by atoms with Crippen LogP contribution in [0.3, 0.4) is 0 Å². The number of hydrogen-bond donors (Lipinski definition) is 2. The average molecular weight is 305 g/mol. The summed E-state index contributed by atoms with van der Waals surface area (Å²) in [6.45, 7) is 4.19. The van der Waals surface area contributed by atoms with E-state index in [0.29, 0.717) is 17.4 Å². The molecule has 7 heteroatoms. The molecule has 0 amide bonds. The van der Waals surface area contributed by atoms with Crippen LogP contribution < -0.4 is 16.0 Å². The lowest BCUT2D eigenvalue weighted by Crippen LogP contribution is -2.23. The highest BCUT2D eigenvalue weighted by molar-refractivity contribution is 5.58. The third-order valence-corrected chi connectivity index (χ3v) is 4.08. The van der Waals surface area contributed by atoms with Crippen molar-refractivity contribution in [3.8, 4) is 17.1 Å². The molecule has 0 bridgehead atoms. The van der Waals surface area contributed by atoms with Gasteiger partial charge in [-0.2, -0.15) is 0 Å². The minimum atomic E-state index is -2.64. The normalized spacial score (nSPS) is 22.8. The Labute approximate surface area is 131 Å². The Kier molecular flexibility index (Phi) is 2.74. The Morgan fingerprint density at radius 2 is 2.23 bits per heavy atom.